The number of pyridine rings is 1. The van der Waals surface area contributed by atoms with Crippen molar-refractivity contribution in [1.82, 2.24) is 24.7 Å². The van der Waals surface area contributed by atoms with E-state index in [-0.39, 0.29) is 23.3 Å². The molecule has 2 N–H and O–H groups in total. The van der Waals surface area contributed by atoms with E-state index >= 15 is 4.39 Å². The number of benzene rings is 1. The molecule has 4 aromatic heterocycles. The summed E-state index contributed by atoms with van der Waals surface area (Å²) in [6.45, 7) is 4.39. The summed E-state index contributed by atoms with van der Waals surface area (Å²) >= 11 is 1.52. The molecule has 1 aliphatic heterocycles. The van der Waals surface area contributed by atoms with Gasteiger partial charge in [-0.2, -0.15) is 18.3 Å². The van der Waals surface area contributed by atoms with Gasteiger partial charge < -0.3 is 19.5 Å². The molecular weight excluding hydrogens is 602 g/mol. The molecule has 1 fully saturated rings. The number of halogens is 4. The molecule has 1 saturated heterocycles. The summed E-state index contributed by atoms with van der Waals surface area (Å²) in [4.78, 5) is 36.4. The zero-order chi connectivity index (χ0) is 31.0. The van der Waals surface area contributed by atoms with E-state index in [9.17, 15) is 22.8 Å². The Bertz CT molecular complexity index is 1950. The largest absolute Gasteiger partial charge is 0.423 e. The lowest BCUT2D eigenvalue weighted by atomic mass is 10.1. The van der Waals surface area contributed by atoms with E-state index < -0.39 is 40.4 Å². The number of H-pyrrole nitrogens is 1. The average Bonchev–Trinajstić information content (AvgIpc) is 3.47. The Balaban J connectivity index is 1.20. The Morgan fingerprint density at radius 2 is 1.95 bits per heavy atom. The van der Waals surface area contributed by atoms with Gasteiger partial charge in [-0.3, -0.25) is 9.59 Å². The third-order valence-electron chi connectivity index (χ3n) is 7.48. The van der Waals surface area contributed by atoms with Crippen LogP contribution < -0.4 is 21.3 Å². The van der Waals surface area contributed by atoms with Gasteiger partial charge in [0.05, 0.1) is 46.3 Å². The van der Waals surface area contributed by atoms with Crippen LogP contribution in [0.1, 0.15) is 25.3 Å². The number of nitrogens with zero attached hydrogens (tertiary/aromatic N) is 5. The molecule has 0 spiro atoms. The number of hydrogen-bond acceptors (Lipinski definition) is 9. The summed E-state index contributed by atoms with van der Waals surface area (Å²) < 4.78 is 63.4. The minimum Gasteiger partial charge on any atom is -0.381 e. The fourth-order valence-electron chi connectivity index (χ4n) is 5.31. The quantitative estimate of drug-likeness (QED) is 0.230. The molecule has 1 atom stereocenters. The van der Waals surface area contributed by atoms with Gasteiger partial charge in [0.1, 0.15) is 11.4 Å². The highest BCUT2D eigenvalue weighted by molar-refractivity contribution is 7.17. The van der Waals surface area contributed by atoms with Gasteiger partial charge in [0, 0.05) is 31.9 Å². The van der Waals surface area contributed by atoms with Gasteiger partial charge >= 0.3 is 6.18 Å². The molecule has 10 nitrogen and oxygen atoms in total. The summed E-state index contributed by atoms with van der Waals surface area (Å²) in [5, 5.41) is 10.6. The van der Waals surface area contributed by atoms with Crippen molar-refractivity contribution in [3.8, 4) is 11.4 Å². The normalized spacial score (nSPS) is 14.8. The van der Waals surface area contributed by atoms with Crippen molar-refractivity contribution in [2.45, 2.75) is 38.5 Å². The maximum Gasteiger partial charge on any atom is 0.423 e. The number of anilines is 2. The van der Waals surface area contributed by atoms with E-state index in [4.69, 9.17) is 9.72 Å². The first kappa shape index (κ1) is 29.7. The summed E-state index contributed by atoms with van der Waals surface area (Å²) in [5.74, 6) is 0.332. The number of morpholine rings is 1. The number of ether oxygens (including phenoxy) is 1. The van der Waals surface area contributed by atoms with E-state index in [1.165, 1.54) is 22.0 Å². The molecule has 0 bridgehead atoms. The Morgan fingerprint density at radius 3 is 2.73 bits per heavy atom. The van der Waals surface area contributed by atoms with Gasteiger partial charge in [0.25, 0.3) is 11.1 Å². The monoisotopic (exact) mass is 629 g/mol. The van der Waals surface area contributed by atoms with E-state index in [1.54, 1.807) is 30.4 Å². The fraction of sp³-hybridized carbons (Fsp3) is 0.345. The molecule has 5 aromatic rings. The molecular formula is C29H27F4N7O3S. The summed E-state index contributed by atoms with van der Waals surface area (Å²) in [6, 6.07) is 5.90. The van der Waals surface area contributed by atoms with Crippen LogP contribution in [0.3, 0.4) is 0 Å². The minimum atomic E-state index is -4.85. The van der Waals surface area contributed by atoms with Crippen LogP contribution in [0.5, 0.6) is 0 Å². The van der Waals surface area contributed by atoms with Crippen LogP contribution in [0.4, 0.5) is 29.1 Å². The standard InChI is InChI=1S/C29H27F4N7O3S/c1-16(35-22-15-34-38-27(41)23(22)29(31,32)33)3-2-6-40-7-4-17-13-19(20(30)14-18(17)28(40)42)25-36-21-5-12-44-24(21)26(37-25)39-8-10-43-11-9-39/h4-5,7,12-16H,2-3,6,8-11H2,1H3,(H2,35,38,41)/t16-/m0/s1. The highest BCUT2D eigenvalue weighted by Gasteiger charge is 2.37. The Morgan fingerprint density at radius 1 is 1.16 bits per heavy atom. The zero-order valence-electron chi connectivity index (χ0n) is 23.4. The highest BCUT2D eigenvalue weighted by atomic mass is 32.1. The van der Waals surface area contributed by atoms with Gasteiger partial charge in [0.15, 0.2) is 11.6 Å². The highest BCUT2D eigenvalue weighted by Crippen LogP contribution is 2.34. The first-order chi connectivity index (χ1) is 21.1. The maximum atomic E-state index is 15.5. The maximum absolute atomic E-state index is 15.5. The molecule has 0 aliphatic carbocycles. The second-order valence-electron chi connectivity index (χ2n) is 10.5. The van der Waals surface area contributed by atoms with Crippen LogP contribution in [0.2, 0.25) is 0 Å². The topological polar surface area (TPSA) is 118 Å². The predicted molar refractivity (Wildman–Crippen MR) is 160 cm³/mol. The van der Waals surface area contributed by atoms with Crippen LogP contribution in [-0.4, -0.2) is 57.1 Å². The van der Waals surface area contributed by atoms with Crippen molar-refractivity contribution in [1.29, 1.82) is 0 Å². The second kappa shape index (κ2) is 12.0. The molecule has 0 radical (unpaired) electrons. The molecule has 1 aromatic carbocycles. The SMILES string of the molecule is C[C@@H](CCCn1ccc2cc(-c3nc(N4CCOCC4)c4sccc4n3)c(F)cc2c1=O)Nc1cn[nH]c(=O)c1C(F)(F)F. The van der Waals surface area contributed by atoms with Crippen LogP contribution in [0, 0.1) is 5.82 Å². The van der Waals surface area contributed by atoms with E-state index in [0.717, 1.165) is 16.7 Å². The van der Waals surface area contributed by atoms with Crippen molar-refractivity contribution in [2.75, 3.05) is 36.5 Å². The molecule has 5 heterocycles. The third-order valence-corrected chi connectivity index (χ3v) is 8.38. The molecule has 0 amide bonds. The molecule has 0 saturated carbocycles. The van der Waals surface area contributed by atoms with Gasteiger partial charge in [0.2, 0.25) is 0 Å². The average molecular weight is 630 g/mol. The van der Waals surface area contributed by atoms with Gasteiger partial charge in [-0.1, -0.05) is 0 Å². The van der Waals surface area contributed by atoms with Crippen LogP contribution in [0.25, 0.3) is 32.4 Å². The molecule has 6 rings (SSSR count). The Hall–Kier alpha value is -4.37. The predicted octanol–water partition coefficient (Wildman–Crippen LogP) is 5.03. The fourth-order valence-corrected chi connectivity index (χ4v) is 6.15. The number of aromatic amines is 1. The number of aryl methyl sites for hydroxylation is 1. The summed E-state index contributed by atoms with van der Waals surface area (Å²) in [7, 11) is 0. The lowest BCUT2D eigenvalue weighted by Gasteiger charge is -2.28. The first-order valence-corrected chi connectivity index (χ1v) is 14.8. The van der Waals surface area contributed by atoms with Crippen LogP contribution in [0.15, 0.2) is 51.6 Å². The zero-order valence-corrected chi connectivity index (χ0v) is 24.3. The van der Waals surface area contributed by atoms with Gasteiger partial charge in [-0.25, -0.2) is 19.5 Å². The smallest absolute Gasteiger partial charge is 0.381 e. The number of alkyl halides is 3. The van der Waals surface area contributed by atoms with E-state index in [1.807, 2.05) is 11.4 Å². The number of fused-ring (bicyclic) bond motifs is 2. The van der Waals surface area contributed by atoms with Gasteiger partial charge in [-0.05, 0) is 54.8 Å². The van der Waals surface area contributed by atoms with Crippen molar-refractivity contribution in [2.24, 2.45) is 0 Å². The van der Waals surface area contributed by atoms with Crippen molar-refractivity contribution >= 4 is 43.8 Å². The number of hydrogen-bond donors (Lipinski definition) is 2. The Kier molecular flexibility index (Phi) is 8.07. The summed E-state index contributed by atoms with van der Waals surface area (Å²) in [6.07, 6.45) is -1.51. The molecule has 44 heavy (non-hydrogen) atoms. The summed E-state index contributed by atoms with van der Waals surface area (Å²) in [5.41, 5.74) is -2.58. The number of nitrogens with one attached hydrogen (secondary N) is 2. The van der Waals surface area contributed by atoms with Gasteiger partial charge in [-0.15, -0.1) is 11.3 Å². The molecule has 15 heteroatoms. The Labute approximate surface area is 251 Å². The number of aromatic nitrogens is 5. The number of thiophene rings is 1. The number of rotatable bonds is 8. The lowest BCUT2D eigenvalue weighted by Crippen LogP contribution is -2.36. The van der Waals surface area contributed by atoms with Crippen molar-refractivity contribution in [3.05, 3.63) is 74.1 Å². The molecule has 0 unspecified atom stereocenters. The van der Waals surface area contributed by atoms with Crippen LogP contribution >= 0.6 is 11.3 Å². The van der Waals surface area contributed by atoms with E-state index in [2.05, 4.69) is 20.3 Å². The third kappa shape index (κ3) is 5.88. The van der Waals surface area contributed by atoms with Crippen molar-refractivity contribution < 1.29 is 22.3 Å². The lowest BCUT2D eigenvalue weighted by molar-refractivity contribution is -0.138. The minimum absolute atomic E-state index is 0.185. The van der Waals surface area contributed by atoms with Crippen molar-refractivity contribution in [3.63, 3.8) is 0 Å². The molecule has 1 aliphatic rings. The van der Waals surface area contributed by atoms with E-state index in [0.29, 0.717) is 50.0 Å². The first-order valence-electron chi connectivity index (χ1n) is 13.9. The molecule has 230 valence electrons. The van der Waals surface area contributed by atoms with Crippen LogP contribution in [-0.2, 0) is 17.5 Å². The second-order valence-corrected chi connectivity index (χ2v) is 11.4.